The molecule has 2 unspecified atom stereocenters. The minimum Gasteiger partial charge on any atom is -0.484 e. The van der Waals surface area contributed by atoms with E-state index in [0.29, 0.717) is 11.7 Å². The summed E-state index contributed by atoms with van der Waals surface area (Å²) in [4.78, 5) is 11.9. The molecule has 2 atom stereocenters. The van der Waals surface area contributed by atoms with Crippen LogP contribution in [0, 0.1) is 11.8 Å². The summed E-state index contributed by atoms with van der Waals surface area (Å²) < 4.78 is 5.57. The summed E-state index contributed by atoms with van der Waals surface area (Å²) in [5.41, 5.74) is 3.81. The van der Waals surface area contributed by atoms with Crippen LogP contribution in [0.25, 0.3) is 10.8 Å². The lowest BCUT2D eigenvalue weighted by Gasteiger charge is -2.12. The fourth-order valence-electron chi connectivity index (χ4n) is 3.73. The van der Waals surface area contributed by atoms with Crippen LogP contribution in [0.15, 0.2) is 47.6 Å². The first kappa shape index (κ1) is 14.2. The summed E-state index contributed by atoms with van der Waals surface area (Å²) >= 11 is 0. The lowest BCUT2D eigenvalue weighted by atomic mass is 9.99. The first-order valence-electron chi connectivity index (χ1n) is 8.25. The zero-order valence-corrected chi connectivity index (χ0v) is 13.0. The number of amides is 1. The molecule has 2 saturated carbocycles. The van der Waals surface area contributed by atoms with Gasteiger partial charge in [0, 0.05) is 5.71 Å². The second kappa shape index (κ2) is 6.03. The summed E-state index contributed by atoms with van der Waals surface area (Å²) in [5, 5.41) is 6.57. The van der Waals surface area contributed by atoms with E-state index in [1.54, 1.807) is 0 Å². The molecule has 4 heteroatoms. The predicted molar refractivity (Wildman–Crippen MR) is 90.5 cm³/mol. The van der Waals surface area contributed by atoms with E-state index in [0.717, 1.165) is 23.1 Å². The molecule has 4 rings (SSSR count). The minimum atomic E-state index is -0.201. The van der Waals surface area contributed by atoms with Gasteiger partial charge in [-0.25, -0.2) is 5.43 Å². The molecular formula is C19H20N2O2. The van der Waals surface area contributed by atoms with E-state index in [-0.39, 0.29) is 12.5 Å². The van der Waals surface area contributed by atoms with E-state index < -0.39 is 0 Å². The van der Waals surface area contributed by atoms with Crippen LogP contribution in [0.4, 0.5) is 0 Å². The Kier molecular flexibility index (Phi) is 3.74. The number of benzene rings is 2. The number of hydrogen-bond donors (Lipinski definition) is 1. The Hall–Kier alpha value is -2.36. The van der Waals surface area contributed by atoms with Crippen molar-refractivity contribution in [2.45, 2.75) is 25.7 Å². The van der Waals surface area contributed by atoms with Crippen molar-refractivity contribution in [2.24, 2.45) is 16.9 Å². The molecule has 0 spiro atoms. The number of carbonyl (C=O) groups is 1. The Bertz CT molecular complexity index is 769. The molecule has 118 valence electrons. The van der Waals surface area contributed by atoms with Crippen LogP contribution in [-0.4, -0.2) is 18.2 Å². The lowest BCUT2D eigenvalue weighted by Crippen LogP contribution is -2.26. The van der Waals surface area contributed by atoms with Crippen molar-refractivity contribution in [3.05, 3.63) is 42.5 Å². The molecule has 2 aliphatic rings. The number of hydrazone groups is 1. The number of fused-ring (bicyclic) bond motifs is 3. The molecule has 0 radical (unpaired) electrons. The molecule has 1 N–H and O–H groups in total. The largest absolute Gasteiger partial charge is 0.484 e. The number of nitrogens with one attached hydrogen (secondary N) is 1. The monoisotopic (exact) mass is 308 g/mol. The molecule has 2 aromatic carbocycles. The van der Waals surface area contributed by atoms with Crippen molar-refractivity contribution < 1.29 is 9.53 Å². The highest BCUT2D eigenvalue weighted by Gasteiger charge is 2.36. The highest BCUT2D eigenvalue weighted by atomic mass is 16.5. The van der Waals surface area contributed by atoms with Crippen LogP contribution in [0.2, 0.25) is 0 Å². The van der Waals surface area contributed by atoms with Crippen LogP contribution in [0.1, 0.15) is 25.7 Å². The topological polar surface area (TPSA) is 50.7 Å². The Labute approximate surface area is 135 Å². The lowest BCUT2D eigenvalue weighted by molar-refractivity contribution is -0.123. The number of hydrogen-bond acceptors (Lipinski definition) is 3. The third-order valence-electron chi connectivity index (χ3n) is 4.93. The van der Waals surface area contributed by atoms with Crippen molar-refractivity contribution in [3.8, 4) is 5.75 Å². The van der Waals surface area contributed by atoms with E-state index in [1.165, 1.54) is 25.0 Å². The molecule has 2 fully saturated rings. The average Bonchev–Trinajstić information content (AvgIpc) is 3.21. The standard InChI is InChI=1S/C19H20N2O2/c22-19(21-20-18-10-13-5-6-16(18)9-13)12-23-17-8-7-14-3-1-2-4-15(14)11-17/h1-4,7-8,11,13,16H,5-6,9-10,12H2,(H,21,22)/b20-18+. The number of rotatable bonds is 4. The first-order chi connectivity index (χ1) is 11.3. The van der Waals surface area contributed by atoms with Gasteiger partial charge in [0.05, 0.1) is 0 Å². The molecule has 0 aromatic heterocycles. The van der Waals surface area contributed by atoms with E-state index in [9.17, 15) is 4.79 Å². The average molecular weight is 308 g/mol. The summed E-state index contributed by atoms with van der Waals surface area (Å²) in [6, 6.07) is 13.9. The maximum atomic E-state index is 11.9. The Morgan fingerprint density at radius 3 is 2.83 bits per heavy atom. The smallest absolute Gasteiger partial charge is 0.277 e. The Morgan fingerprint density at radius 1 is 1.17 bits per heavy atom. The van der Waals surface area contributed by atoms with Crippen molar-refractivity contribution in [1.82, 2.24) is 5.43 Å². The zero-order valence-electron chi connectivity index (χ0n) is 13.0. The van der Waals surface area contributed by atoms with Gasteiger partial charge in [0.25, 0.3) is 5.91 Å². The molecule has 23 heavy (non-hydrogen) atoms. The molecular weight excluding hydrogens is 288 g/mol. The van der Waals surface area contributed by atoms with Crippen LogP contribution in [0.3, 0.4) is 0 Å². The summed E-state index contributed by atoms with van der Waals surface area (Å²) in [6.07, 6.45) is 4.86. The Morgan fingerprint density at radius 2 is 2.04 bits per heavy atom. The fourth-order valence-corrected chi connectivity index (χ4v) is 3.73. The molecule has 0 heterocycles. The summed E-state index contributed by atoms with van der Waals surface area (Å²) in [5.74, 6) is 1.89. The predicted octanol–water partition coefficient (Wildman–Crippen LogP) is 3.51. The van der Waals surface area contributed by atoms with Crippen LogP contribution in [0.5, 0.6) is 5.75 Å². The molecule has 4 nitrogen and oxygen atoms in total. The number of carbonyl (C=O) groups excluding carboxylic acids is 1. The molecule has 2 aromatic rings. The van der Waals surface area contributed by atoms with Crippen LogP contribution < -0.4 is 10.2 Å². The van der Waals surface area contributed by atoms with E-state index in [4.69, 9.17) is 4.74 Å². The zero-order chi connectivity index (χ0) is 15.6. The van der Waals surface area contributed by atoms with Gasteiger partial charge in [0.1, 0.15) is 5.75 Å². The van der Waals surface area contributed by atoms with Crippen molar-refractivity contribution in [3.63, 3.8) is 0 Å². The second-order valence-electron chi connectivity index (χ2n) is 6.52. The third-order valence-corrected chi connectivity index (χ3v) is 4.93. The van der Waals surface area contributed by atoms with E-state index in [2.05, 4.69) is 16.6 Å². The van der Waals surface area contributed by atoms with Crippen LogP contribution in [-0.2, 0) is 4.79 Å². The SMILES string of the molecule is O=C(COc1ccc2ccccc2c1)N/N=C1\CC2CCC1C2. The maximum Gasteiger partial charge on any atom is 0.277 e. The van der Waals surface area contributed by atoms with Gasteiger partial charge in [0.15, 0.2) is 6.61 Å². The van der Waals surface area contributed by atoms with E-state index in [1.807, 2.05) is 36.4 Å². The molecule has 2 aliphatic carbocycles. The van der Waals surface area contributed by atoms with Crippen LogP contribution >= 0.6 is 0 Å². The van der Waals surface area contributed by atoms with Gasteiger partial charge in [-0.15, -0.1) is 0 Å². The fraction of sp³-hybridized carbons (Fsp3) is 0.368. The van der Waals surface area contributed by atoms with Gasteiger partial charge in [-0.3, -0.25) is 4.79 Å². The van der Waals surface area contributed by atoms with Gasteiger partial charge >= 0.3 is 0 Å². The first-order valence-corrected chi connectivity index (χ1v) is 8.25. The van der Waals surface area contributed by atoms with Gasteiger partial charge in [-0.05, 0) is 60.4 Å². The van der Waals surface area contributed by atoms with E-state index >= 15 is 0 Å². The Balaban J connectivity index is 1.33. The maximum absolute atomic E-state index is 11.9. The van der Waals surface area contributed by atoms with Gasteiger partial charge in [-0.2, -0.15) is 5.10 Å². The molecule has 2 bridgehead atoms. The molecule has 0 saturated heterocycles. The highest BCUT2D eigenvalue weighted by Crippen LogP contribution is 2.42. The quantitative estimate of drug-likeness (QED) is 0.879. The highest BCUT2D eigenvalue weighted by molar-refractivity contribution is 5.91. The number of nitrogens with zero attached hydrogens (tertiary/aromatic N) is 1. The second-order valence-corrected chi connectivity index (χ2v) is 6.52. The number of ether oxygens (including phenoxy) is 1. The minimum absolute atomic E-state index is 0.0107. The molecule has 1 amide bonds. The normalized spacial score (nSPS) is 24.3. The van der Waals surface area contributed by atoms with Gasteiger partial charge in [-0.1, -0.05) is 30.3 Å². The molecule has 0 aliphatic heterocycles. The third kappa shape index (κ3) is 3.07. The van der Waals surface area contributed by atoms with Gasteiger partial charge in [0.2, 0.25) is 0 Å². The van der Waals surface area contributed by atoms with Crippen molar-refractivity contribution >= 4 is 22.4 Å². The van der Waals surface area contributed by atoms with Crippen molar-refractivity contribution in [2.75, 3.05) is 6.61 Å². The summed E-state index contributed by atoms with van der Waals surface area (Å²) in [6.45, 7) is -0.0107. The van der Waals surface area contributed by atoms with Crippen molar-refractivity contribution in [1.29, 1.82) is 0 Å². The summed E-state index contributed by atoms with van der Waals surface area (Å²) in [7, 11) is 0. The van der Waals surface area contributed by atoms with Gasteiger partial charge < -0.3 is 4.74 Å².